The van der Waals surface area contributed by atoms with E-state index in [1.807, 2.05) is 0 Å². The summed E-state index contributed by atoms with van der Waals surface area (Å²) in [5, 5.41) is 11.4. The average molecular weight is 356 g/mol. The third-order valence-electron chi connectivity index (χ3n) is 2.74. The first-order valence-electron chi connectivity index (χ1n) is 5.90. The Morgan fingerprint density at radius 3 is 2.57 bits per heavy atom. The monoisotopic (exact) mass is 355 g/mol. The van der Waals surface area contributed by atoms with Gasteiger partial charge in [0.05, 0.1) is 18.1 Å². The van der Waals surface area contributed by atoms with E-state index in [4.69, 9.17) is 9.47 Å². The van der Waals surface area contributed by atoms with E-state index in [0.717, 1.165) is 0 Å². The third kappa shape index (κ3) is 3.49. The molecule has 0 aliphatic heterocycles. The summed E-state index contributed by atoms with van der Waals surface area (Å²) in [7, 11) is 1.35. The first-order valence-corrected chi connectivity index (χ1v) is 7.02. The van der Waals surface area contributed by atoms with Gasteiger partial charge in [-0.25, -0.2) is 4.39 Å². The molecule has 0 aliphatic carbocycles. The lowest BCUT2D eigenvalue weighted by Crippen LogP contribution is -1.95. The quantitative estimate of drug-likeness (QED) is 0.452. The van der Waals surface area contributed by atoms with Crippen LogP contribution < -0.4 is 9.47 Å². The van der Waals surface area contributed by atoms with Crippen LogP contribution in [0.1, 0.15) is 5.56 Å². The van der Waals surface area contributed by atoms with Gasteiger partial charge in [0, 0.05) is 10.9 Å². The van der Waals surface area contributed by atoms with E-state index in [0.29, 0.717) is 16.6 Å². The minimum absolute atomic E-state index is 0.146. The van der Waals surface area contributed by atoms with Crippen LogP contribution in [0, 0.1) is 15.9 Å². The second-order valence-corrected chi connectivity index (χ2v) is 4.64. The Labute approximate surface area is 128 Å². The summed E-state index contributed by atoms with van der Waals surface area (Å²) in [5.41, 5.74) is 0.408. The number of alkyl halides is 1. The Morgan fingerprint density at radius 2 is 1.95 bits per heavy atom. The lowest BCUT2D eigenvalue weighted by molar-refractivity contribution is -0.385. The van der Waals surface area contributed by atoms with Gasteiger partial charge in [-0.3, -0.25) is 10.1 Å². The molecule has 0 bridgehead atoms. The molecule has 110 valence electrons. The van der Waals surface area contributed by atoms with E-state index < -0.39 is 4.92 Å². The van der Waals surface area contributed by atoms with Crippen molar-refractivity contribution < 1.29 is 18.8 Å². The van der Waals surface area contributed by atoms with Gasteiger partial charge in [0.15, 0.2) is 5.75 Å². The molecule has 0 radical (unpaired) electrons. The molecule has 0 amide bonds. The lowest BCUT2D eigenvalue weighted by Gasteiger charge is -2.10. The summed E-state index contributed by atoms with van der Waals surface area (Å²) in [6.45, 7) is 0. The Balaban J connectivity index is 2.36. The predicted octanol–water partition coefficient (Wildman–Crippen LogP) is 4.43. The van der Waals surface area contributed by atoms with Crippen molar-refractivity contribution in [1.82, 2.24) is 0 Å². The molecule has 2 aromatic carbocycles. The van der Waals surface area contributed by atoms with Crippen molar-refractivity contribution in [2.24, 2.45) is 0 Å². The number of benzene rings is 2. The van der Waals surface area contributed by atoms with Crippen LogP contribution in [-0.4, -0.2) is 12.0 Å². The molecule has 0 heterocycles. The number of hydrogen-bond donors (Lipinski definition) is 0. The second-order valence-electron chi connectivity index (χ2n) is 4.08. The number of methoxy groups -OCH3 is 1. The molecule has 7 heteroatoms. The number of halogens is 2. The largest absolute Gasteiger partial charge is 0.490 e. The Bertz CT molecular complexity index is 678. The van der Waals surface area contributed by atoms with Gasteiger partial charge in [0.2, 0.25) is 0 Å². The number of ether oxygens (including phenoxy) is 2. The molecule has 5 nitrogen and oxygen atoms in total. The summed E-state index contributed by atoms with van der Waals surface area (Å²) >= 11 is 3.24. The maximum Gasteiger partial charge on any atom is 0.314 e. The molecule has 0 saturated heterocycles. The van der Waals surface area contributed by atoms with Crippen molar-refractivity contribution in [2.75, 3.05) is 7.11 Å². The number of nitro benzene ring substituents is 1. The van der Waals surface area contributed by atoms with Crippen LogP contribution in [0.3, 0.4) is 0 Å². The molecule has 0 fully saturated rings. The Kier molecular flexibility index (Phi) is 4.74. The second kappa shape index (κ2) is 6.53. The highest BCUT2D eigenvalue weighted by atomic mass is 79.9. The first kappa shape index (κ1) is 15.2. The number of hydrogen-bond acceptors (Lipinski definition) is 4. The van der Waals surface area contributed by atoms with Crippen LogP contribution in [0.5, 0.6) is 17.2 Å². The maximum atomic E-state index is 13.2. The zero-order chi connectivity index (χ0) is 15.4. The van der Waals surface area contributed by atoms with Crippen LogP contribution in [0.15, 0.2) is 36.4 Å². The van der Waals surface area contributed by atoms with Crippen molar-refractivity contribution in [3.63, 3.8) is 0 Å². The Morgan fingerprint density at radius 1 is 1.24 bits per heavy atom. The summed E-state index contributed by atoms with van der Waals surface area (Å²) < 4.78 is 23.7. The molecule has 21 heavy (non-hydrogen) atoms. The van der Waals surface area contributed by atoms with E-state index in [2.05, 4.69) is 15.9 Å². The standard InChI is InChI=1S/C14H11BrFNO4/c1-20-14-5-3-11(7-12(14)17(18)19)21-13-4-2-10(16)6-9(13)8-15/h2-7H,8H2,1H3. The van der Waals surface area contributed by atoms with Gasteiger partial charge >= 0.3 is 5.69 Å². The average Bonchev–Trinajstić information content (AvgIpc) is 2.48. The van der Waals surface area contributed by atoms with Crippen LogP contribution in [-0.2, 0) is 5.33 Å². The van der Waals surface area contributed by atoms with Gasteiger partial charge in [0.1, 0.15) is 17.3 Å². The van der Waals surface area contributed by atoms with Gasteiger partial charge in [-0.15, -0.1) is 0 Å². The van der Waals surface area contributed by atoms with E-state index in [1.165, 1.54) is 37.4 Å². The van der Waals surface area contributed by atoms with Crippen LogP contribution in [0.25, 0.3) is 0 Å². The van der Waals surface area contributed by atoms with Crippen molar-refractivity contribution in [3.05, 3.63) is 57.9 Å². The molecular formula is C14H11BrFNO4. The van der Waals surface area contributed by atoms with Gasteiger partial charge < -0.3 is 9.47 Å². The molecule has 0 spiro atoms. The number of rotatable bonds is 5. The van der Waals surface area contributed by atoms with Gasteiger partial charge in [-0.05, 0) is 30.3 Å². The number of nitro groups is 1. The molecule has 0 aliphatic rings. The minimum atomic E-state index is -0.554. The maximum absolute atomic E-state index is 13.2. The molecule has 2 aromatic rings. The molecular weight excluding hydrogens is 345 g/mol. The topological polar surface area (TPSA) is 61.6 Å². The fraction of sp³-hybridized carbons (Fsp3) is 0.143. The SMILES string of the molecule is COc1ccc(Oc2ccc(F)cc2CBr)cc1[N+](=O)[O-]. The summed E-state index contributed by atoms with van der Waals surface area (Å²) in [6.07, 6.45) is 0. The molecule has 0 unspecified atom stereocenters. The smallest absolute Gasteiger partial charge is 0.314 e. The third-order valence-corrected chi connectivity index (χ3v) is 3.35. The minimum Gasteiger partial charge on any atom is -0.490 e. The fourth-order valence-electron chi connectivity index (χ4n) is 1.75. The van der Waals surface area contributed by atoms with E-state index in [1.54, 1.807) is 6.07 Å². The summed E-state index contributed by atoms with van der Waals surface area (Å²) in [5.74, 6) is 0.466. The summed E-state index contributed by atoms with van der Waals surface area (Å²) in [4.78, 5) is 10.4. The molecule has 2 rings (SSSR count). The van der Waals surface area contributed by atoms with Crippen LogP contribution in [0.4, 0.5) is 10.1 Å². The highest BCUT2D eigenvalue weighted by molar-refractivity contribution is 9.08. The predicted molar refractivity (Wildman–Crippen MR) is 78.8 cm³/mol. The highest BCUT2D eigenvalue weighted by Gasteiger charge is 2.16. The normalized spacial score (nSPS) is 10.2. The van der Waals surface area contributed by atoms with E-state index in [-0.39, 0.29) is 23.0 Å². The first-order chi connectivity index (χ1) is 10.0. The van der Waals surface area contributed by atoms with Crippen molar-refractivity contribution in [2.45, 2.75) is 5.33 Å². The van der Waals surface area contributed by atoms with E-state index >= 15 is 0 Å². The van der Waals surface area contributed by atoms with Crippen LogP contribution in [0.2, 0.25) is 0 Å². The van der Waals surface area contributed by atoms with Gasteiger partial charge in [0.25, 0.3) is 0 Å². The van der Waals surface area contributed by atoms with Crippen molar-refractivity contribution in [1.29, 1.82) is 0 Å². The van der Waals surface area contributed by atoms with Crippen molar-refractivity contribution in [3.8, 4) is 17.2 Å². The van der Waals surface area contributed by atoms with Crippen LogP contribution >= 0.6 is 15.9 Å². The fourth-order valence-corrected chi connectivity index (χ4v) is 2.19. The molecule has 0 aromatic heterocycles. The van der Waals surface area contributed by atoms with Gasteiger partial charge in [-0.2, -0.15) is 0 Å². The molecule has 0 atom stereocenters. The van der Waals surface area contributed by atoms with E-state index in [9.17, 15) is 14.5 Å². The zero-order valence-corrected chi connectivity index (χ0v) is 12.6. The number of nitrogens with zero attached hydrogens (tertiary/aromatic N) is 1. The van der Waals surface area contributed by atoms with Gasteiger partial charge in [-0.1, -0.05) is 15.9 Å². The summed E-state index contributed by atoms with van der Waals surface area (Å²) in [6, 6.07) is 8.33. The highest BCUT2D eigenvalue weighted by Crippen LogP contribution is 2.34. The molecule has 0 N–H and O–H groups in total. The van der Waals surface area contributed by atoms with Crippen molar-refractivity contribution >= 4 is 21.6 Å². The molecule has 0 saturated carbocycles. The lowest BCUT2D eigenvalue weighted by atomic mass is 10.2. The zero-order valence-electron chi connectivity index (χ0n) is 11.0. The Hall–Kier alpha value is -2.15.